The van der Waals surface area contributed by atoms with Gasteiger partial charge in [-0.05, 0) is 5.92 Å². The van der Waals surface area contributed by atoms with Crippen LogP contribution in [0, 0.1) is 5.92 Å². The van der Waals surface area contributed by atoms with Crippen molar-refractivity contribution in [1.29, 1.82) is 0 Å². The number of aliphatic hydroxyl groups is 1. The SMILES string of the molecule is CC(C)C(CO)NCCS(C)(=O)=O. The standard InChI is InChI=1S/C8H19NO3S/c1-7(2)8(6-10)9-4-5-13(3,11)12/h7-10H,4-6H2,1-3H3. The van der Waals surface area contributed by atoms with Crippen LogP contribution < -0.4 is 5.32 Å². The Labute approximate surface area is 80.3 Å². The van der Waals surface area contributed by atoms with Crippen LogP contribution in [-0.2, 0) is 9.84 Å². The lowest BCUT2D eigenvalue weighted by atomic mass is 10.1. The van der Waals surface area contributed by atoms with Crippen molar-refractivity contribution in [3.63, 3.8) is 0 Å². The zero-order valence-electron chi connectivity index (χ0n) is 8.45. The molecule has 5 heteroatoms. The Hall–Kier alpha value is -0.130. The summed E-state index contributed by atoms with van der Waals surface area (Å²) in [6.07, 6.45) is 1.21. The lowest BCUT2D eigenvalue weighted by molar-refractivity contribution is 0.213. The van der Waals surface area contributed by atoms with E-state index in [4.69, 9.17) is 5.11 Å². The molecule has 0 amide bonds. The van der Waals surface area contributed by atoms with Crippen LogP contribution >= 0.6 is 0 Å². The van der Waals surface area contributed by atoms with Gasteiger partial charge in [-0.3, -0.25) is 0 Å². The van der Waals surface area contributed by atoms with E-state index in [9.17, 15) is 8.42 Å². The highest BCUT2D eigenvalue weighted by atomic mass is 32.2. The molecule has 0 aliphatic carbocycles. The first kappa shape index (κ1) is 12.9. The highest BCUT2D eigenvalue weighted by molar-refractivity contribution is 7.90. The molecule has 0 heterocycles. The molecule has 0 aromatic carbocycles. The second kappa shape index (κ2) is 5.57. The second-order valence-corrected chi connectivity index (χ2v) is 5.88. The van der Waals surface area contributed by atoms with E-state index in [1.807, 2.05) is 13.8 Å². The van der Waals surface area contributed by atoms with Crippen molar-refractivity contribution in [3.8, 4) is 0 Å². The normalized spacial score (nSPS) is 14.8. The van der Waals surface area contributed by atoms with Crippen LogP contribution in [0.1, 0.15) is 13.8 Å². The van der Waals surface area contributed by atoms with Gasteiger partial charge in [-0.25, -0.2) is 8.42 Å². The molecule has 0 aliphatic heterocycles. The number of rotatable bonds is 6. The van der Waals surface area contributed by atoms with Crippen LogP contribution in [0.5, 0.6) is 0 Å². The molecule has 0 aromatic rings. The van der Waals surface area contributed by atoms with Crippen LogP contribution in [0.15, 0.2) is 0 Å². The summed E-state index contributed by atoms with van der Waals surface area (Å²) >= 11 is 0. The van der Waals surface area contributed by atoms with Crippen LogP contribution in [0.4, 0.5) is 0 Å². The molecule has 13 heavy (non-hydrogen) atoms. The molecule has 0 fully saturated rings. The molecule has 1 unspecified atom stereocenters. The van der Waals surface area contributed by atoms with Crippen molar-refractivity contribution in [3.05, 3.63) is 0 Å². The van der Waals surface area contributed by atoms with Gasteiger partial charge in [0, 0.05) is 18.8 Å². The molecule has 0 saturated heterocycles. The molecular weight excluding hydrogens is 190 g/mol. The average Bonchev–Trinajstić information content (AvgIpc) is 1.95. The van der Waals surface area contributed by atoms with Crippen LogP contribution in [0.3, 0.4) is 0 Å². The van der Waals surface area contributed by atoms with Crippen molar-refractivity contribution in [2.75, 3.05) is 25.2 Å². The summed E-state index contributed by atoms with van der Waals surface area (Å²) in [5, 5.41) is 11.9. The molecule has 0 spiro atoms. The maximum Gasteiger partial charge on any atom is 0.148 e. The Morgan fingerprint density at radius 1 is 1.38 bits per heavy atom. The van der Waals surface area contributed by atoms with E-state index < -0.39 is 9.84 Å². The van der Waals surface area contributed by atoms with Gasteiger partial charge in [-0.2, -0.15) is 0 Å². The predicted molar refractivity (Wildman–Crippen MR) is 53.4 cm³/mol. The summed E-state index contributed by atoms with van der Waals surface area (Å²) in [7, 11) is -2.90. The van der Waals surface area contributed by atoms with Gasteiger partial charge in [0.15, 0.2) is 0 Å². The molecule has 0 bridgehead atoms. The predicted octanol–water partition coefficient (Wildman–Crippen LogP) is -0.362. The van der Waals surface area contributed by atoms with Crippen molar-refractivity contribution >= 4 is 9.84 Å². The summed E-state index contributed by atoms with van der Waals surface area (Å²) in [6, 6.07) is -0.0123. The summed E-state index contributed by atoms with van der Waals surface area (Å²) < 4.78 is 21.5. The molecule has 0 rings (SSSR count). The lowest BCUT2D eigenvalue weighted by Gasteiger charge is -2.19. The van der Waals surface area contributed by atoms with Gasteiger partial charge < -0.3 is 10.4 Å². The van der Waals surface area contributed by atoms with E-state index in [1.54, 1.807) is 0 Å². The van der Waals surface area contributed by atoms with E-state index in [0.29, 0.717) is 12.5 Å². The Morgan fingerprint density at radius 2 is 1.92 bits per heavy atom. The van der Waals surface area contributed by atoms with Crippen LogP contribution in [0.2, 0.25) is 0 Å². The molecule has 2 N–H and O–H groups in total. The summed E-state index contributed by atoms with van der Waals surface area (Å²) in [6.45, 7) is 4.41. The van der Waals surface area contributed by atoms with Gasteiger partial charge in [0.25, 0.3) is 0 Å². The first-order valence-corrected chi connectivity index (χ1v) is 6.45. The van der Waals surface area contributed by atoms with Gasteiger partial charge >= 0.3 is 0 Å². The molecule has 4 nitrogen and oxygen atoms in total. The summed E-state index contributed by atoms with van der Waals surface area (Å²) in [5.74, 6) is 0.431. The lowest BCUT2D eigenvalue weighted by Crippen LogP contribution is -2.39. The molecule has 1 atom stereocenters. The van der Waals surface area contributed by atoms with Crippen molar-refractivity contribution in [1.82, 2.24) is 5.32 Å². The van der Waals surface area contributed by atoms with Gasteiger partial charge in [-0.1, -0.05) is 13.8 Å². The van der Waals surface area contributed by atoms with Crippen molar-refractivity contribution < 1.29 is 13.5 Å². The highest BCUT2D eigenvalue weighted by Gasteiger charge is 2.11. The second-order valence-electron chi connectivity index (χ2n) is 3.62. The topological polar surface area (TPSA) is 66.4 Å². The smallest absolute Gasteiger partial charge is 0.148 e. The fourth-order valence-electron chi connectivity index (χ4n) is 0.941. The fraction of sp³-hybridized carbons (Fsp3) is 1.00. The maximum atomic E-state index is 10.8. The Morgan fingerprint density at radius 3 is 2.23 bits per heavy atom. The summed E-state index contributed by atoms with van der Waals surface area (Å²) in [4.78, 5) is 0. The first-order valence-electron chi connectivity index (χ1n) is 4.38. The number of hydrogen-bond acceptors (Lipinski definition) is 4. The average molecular weight is 209 g/mol. The van der Waals surface area contributed by atoms with E-state index >= 15 is 0 Å². The molecule has 80 valence electrons. The van der Waals surface area contributed by atoms with E-state index in [1.165, 1.54) is 6.26 Å². The third kappa shape index (κ3) is 6.98. The minimum Gasteiger partial charge on any atom is -0.395 e. The largest absolute Gasteiger partial charge is 0.395 e. The number of nitrogens with one attached hydrogen (secondary N) is 1. The Kier molecular flexibility index (Phi) is 5.51. The highest BCUT2D eigenvalue weighted by Crippen LogP contribution is 1.99. The molecule has 0 aliphatic rings. The van der Waals surface area contributed by atoms with Crippen LogP contribution in [-0.4, -0.2) is 44.7 Å². The number of sulfone groups is 1. The quantitative estimate of drug-likeness (QED) is 0.627. The van der Waals surface area contributed by atoms with Gasteiger partial charge in [0.05, 0.1) is 12.4 Å². The van der Waals surface area contributed by atoms with Gasteiger partial charge in [0.1, 0.15) is 9.84 Å². The maximum absolute atomic E-state index is 10.8. The number of hydrogen-bond donors (Lipinski definition) is 2. The third-order valence-corrected chi connectivity index (χ3v) is 2.83. The minimum absolute atomic E-state index is 0.0123. The van der Waals surface area contributed by atoms with E-state index in [0.717, 1.165) is 0 Å². The minimum atomic E-state index is -2.90. The summed E-state index contributed by atoms with van der Waals surface area (Å²) in [5.41, 5.74) is 0. The van der Waals surface area contributed by atoms with Crippen molar-refractivity contribution in [2.24, 2.45) is 5.92 Å². The zero-order chi connectivity index (χ0) is 10.5. The van der Waals surface area contributed by atoms with Crippen LogP contribution in [0.25, 0.3) is 0 Å². The first-order chi connectivity index (χ1) is 5.87. The Bertz CT molecular complexity index is 224. The molecular formula is C8H19NO3S. The zero-order valence-corrected chi connectivity index (χ0v) is 9.26. The van der Waals surface area contributed by atoms with E-state index in [-0.39, 0.29) is 18.4 Å². The Balaban J connectivity index is 3.74. The third-order valence-electron chi connectivity index (χ3n) is 1.88. The molecule has 0 saturated carbocycles. The fourth-order valence-corrected chi connectivity index (χ4v) is 1.43. The number of aliphatic hydroxyl groups excluding tert-OH is 1. The van der Waals surface area contributed by atoms with Gasteiger partial charge in [-0.15, -0.1) is 0 Å². The van der Waals surface area contributed by atoms with E-state index in [2.05, 4.69) is 5.32 Å². The van der Waals surface area contributed by atoms with Gasteiger partial charge in [0.2, 0.25) is 0 Å². The monoisotopic (exact) mass is 209 g/mol. The molecule has 0 aromatic heterocycles. The molecule has 0 radical (unpaired) electrons. The van der Waals surface area contributed by atoms with Crippen molar-refractivity contribution in [2.45, 2.75) is 19.9 Å².